The van der Waals surface area contributed by atoms with Gasteiger partial charge in [0, 0.05) is 6.07 Å². The molecular formula is C17H20N2O5. The van der Waals surface area contributed by atoms with E-state index in [1.807, 2.05) is 12.1 Å². The van der Waals surface area contributed by atoms with Crippen LogP contribution < -0.4 is 10.1 Å². The number of esters is 1. The SMILES string of the molecule is CC(C)(C)c1ccc(OCC(=O)OCC(=O)Nc2ccon2)cc1. The van der Waals surface area contributed by atoms with Gasteiger partial charge >= 0.3 is 5.97 Å². The van der Waals surface area contributed by atoms with Crippen LogP contribution in [0.4, 0.5) is 5.82 Å². The maximum absolute atomic E-state index is 11.6. The summed E-state index contributed by atoms with van der Waals surface area (Å²) in [5.74, 6) is -0.324. The molecule has 0 aliphatic carbocycles. The fourth-order valence-corrected chi connectivity index (χ4v) is 1.84. The van der Waals surface area contributed by atoms with Crippen LogP contribution in [0.1, 0.15) is 26.3 Å². The average molecular weight is 332 g/mol. The van der Waals surface area contributed by atoms with Gasteiger partial charge in [0.2, 0.25) is 0 Å². The smallest absolute Gasteiger partial charge is 0.344 e. The Kier molecular flexibility index (Phi) is 5.57. The number of nitrogens with one attached hydrogen (secondary N) is 1. The topological polar surface area (TPSA) is 90.7 Å². The van der Waals surface area contributed by atoms with Crippen LogP contribution in [-0.4, -0.2) is 30.2 Å². The lowest BCUT2D eigenvalue weighted by molar-refractivity contribution is -0.149. The van der Waals surface area contributed by atoms with Crippen molar-refractivity contribution in [3.8, 4) is 5.75 Å². The van der Waals surface area contributed by atoms with E-state index in [9.17, 15) is 9.59 Å². The van der Waals surface area contributed by atoms with Gasteiger partial charge in [-0.15, -0.1) is 0 Å². The van der Waals surface area contributed by atoms with E-state index in [-0.39, 0.29) is 17.8 Å². The molecule has 0 aliphatic rings. The number of carbonyl (C=O) groups excluding carboxylic acids is 2. The molecule has 7 nitrogen and oxygen atoms in total. The summed E-state index contributed by atoms with van der Waals surface area (Å²) in [6, 6.07) is 8.97. The molecule has 24 heavy (non-hydrogen) atoms. The minimum absolute atomic E-state index is 0.0503. The summed E-state index contributed by atoms with van der Waals surface area (Å²) in [4.78, 5) is 23.1. The molecule has 2 rings (SSSR count). The minimum atomic E-state index is -0.634. The van der Waals surface area contributed by atoms with Crippen LogP contribution >= 0.6 is 0 Å². The van der Waals surface area contributed by atoms with Crippen LogP contribution in [0, 0.1) is 0 Å². The van der Waals surface area contributed by atoms with E-state index in [1.54, 1.807) is 12.1 Å². The highest BCUT2D eigenvalue weighted by Gasteiger charge is 2.14. The van der Waals surface area contributed by atoms with Crippen molar-refractivity contribution >= 4 is 17.7 Å². The number of nitrogens with zero attached hydrogens (tertiary/aromatic N) is 1. The summed E-state index contributed by atoms with van der Waals surface area (Å²) < 4.78 is 14.7. The first kappa shape index (κ1) is 17.5. The van der Waals surface area contributed by atoms with Gasteiger partial charge in [-0.3, -0.25) is 4.79 Å². The van der Waals surface area contributed by atoms with E-state index in [1.165, 1.54) is 17.9 Å². The van der Waals surface area contributed by atoms with Crippen molar-refractivity contribution in [2.24, 2.45) is 0 Å². The molecular weight excluding hydrogens is 312 g/mol. The van der Waals surface area contributed by atoms with Crippen molar-refractivity contribution in [1.29, 1.82) is 0 Å². The number of hydrogen-bond donors (Lipinski definition) is 1. The van der Waals surface area contributed by atoms with Gasteiger partial charge in [0.1, 0.15) is 12.0 Å². The predicted molar refractivity (Wildman–Crippen MR) is 86.7 cm³/mol. The molecule has 0 saturated heterocycles. The lowest BCUT2D eigenvalue weighted by atomic mass is 9.87. The Balaban J connectivity index is 1.72. The normalized spacial score (nSPS) is 11.0. The van der Waals surface area contributed by atoms with Crippen LogP contribution in [-0.2, 0) is 19.7 Å². The number of benzene rings is 1. The highest BCUT2D eigenvalue weighted by atomic mass is 16.6. The van der Waals surface area contributed by atoms with E-state index >= 15 is 0 Å². The van der Waals surface area contributed by atoms with Crippen LogP contribution in [0.2, 0.25) is 0 Å². The van der Waals surface area contributed by atoms with Gasteiger partial charge < -0.3 is 19.3 Å². The molecule has 1 aromatic heterocycles. The molecule has 0 bridgehead atoms. The highest BCUT2D eigenvalue weighted by Crippen LogP contribution is 2.24. The maximum Gasteiger partial charge on any atom is 0.344 e. The van der Waals surface area contributed by atoms with Gasteiger partial charge in [-0.1, -0.05) is 38.1 Å². The molecule has 0 unspecified atom stereocenters. The van der Waals surface area contributed by atoms with Gasteiger partial charge in [0.15, 0.2) is 19.0 Å². The maximum atomic E-state index is 11.6. The fraction of sp³-hybridized carbons (Fsp3) is 0.353. The second kappa shape index (κ2) is 7.63. The number of hydrogen-bond acceptors (Lipinski definition) is 6. The van der Waals surface area contributed by atoms with Gasteiger partial charge in [-0.25, -0.2) is 4.79 Å². The van der Waals surface area contributed by atoms with Gasteiger partial charge in [0.25, 0.3) is 5.91 Å². The number of amides is 1. The first-order chi connectivity index (χ1) is 11.3. The molecule has 1 N–H and O–H groups in total. The molecule has 128 valence electrons. The van der Waals surface area contributed by atoms with E-state index in [2.05, 4.69) is 35.8 Å². The lowest BCUT2D eigenvalue weighted by Crippen LogP contribution is -2.23. The predicted octanol–water partition coefficient (Wildman–Crippen LogP) is 2.53. The van der Waals surface area contributed by atoms with Crippen LogP contribution in [0.15, 0.2) is 41.1 Å². The Morgan fingerprint density at radius 2 is 1.83 bits per heavy atom. The molecule has 1 heterocycles. The van der Waals surface area contributed by atoms with Crippen molar-refractivity contribution in [1.82, 2.24) is 5.16 Å². The Bertz CT molecular complexity index is 672. The Morgan fingerprint density at radius 3 is 2.42 bits per heavy atom. The summed E-state index contributed by atoms with van der Waals surface area (Å²) in [7, 11) is 0. The molecule has 1 aromatic carbocycles. The number of ether oxygens (including phenoxy) is 2. The zero-order valence-electron chi connectivity index (χ0n) is 13.9. The first-order valence-corrected chi connectivity index (χ1v) is 7.44. The summed E-state index contributed by atoms with van der Waals surface area (Å²) in [6.07, 6.45) is 1.32. The molecule has 2 aromatic rings. The molecule has 0 fully saturated rings. The van der Waals surface area contributed by atoms with Crippen molar-refractivity contribution in [2.75, 3.05) is 18.5 Å². The zero-order chi connectivity index (χ0) is 17.6. The average Bonchev–Trinajstić information content (AvgIpc) is 3.03. The molecule has 0 aliphatic heterocycles. The van der Waals surface area contributed by atoms with E-state index in [0.717, 1.165) is 0 Å². The van der Waals surface area contributed by atoms with Crippen LogP contribution in [0.3, 0.4) is 0 Å². The highest BCUT2D eigenvalue weighted by molar-refractivity contribution is 5.91. The van der Waals surface area contributed by atoms with Crippen molar-refractivity contribution < 1.29 is 23.6 Å². The van der Waals surface area contributed by atoms with Gasteiger partial charge in [0.05, 0.1) is 0 Å². The third-order valence-corrected chi connectivity index (χ3v) is 3.15. The summed E-state index contributed by atoms with van der Waals surface area (Å²) in [5, 5.41) is 5.92. The summed E-state index contributed by atoms with van der Waals surface area (Å²) >= 11 is 0. The molecule has 0 saturated carbocycles. The third kappa shape index (κ3) is 5.42. The summed E-state index contributed by atoms with van der Waals surface area (Å²) in [5.41, 5.74) is 1.22. The van der Waals surface area contributed by atoms with E-state index < -0.39 is 18.5 Å². The number of aromatic nitrogens is 1. The number of anilines is 1. The molecule has 0 spiro atoms. The molecule has 7 heteroatoms. The van der Waals surface area contributed by atoms with E-state index in [0.29, 0.717) is 5.75 Å². The summed E-state index contributed by atoms with van der Waals surface area (Å²) in [6.45, 7) is 5.66. The second-order valence-corrected chi connectivity index (χ2v) is 6.16. The van der Waals surface area contributed by atoms with Crippen LogP contribution in [0.5, 0.6) is 5.75 Å². The van der Waals surface area contributed by atoms with Gasteiger partial charge in [-0.05, 0) is 23.1 Å². The van der Waals surface area contributed by atoms with E-state index in [4.69, 9.17) is 9.47 Å². The third-order valence-electron chi connectivity index (χ3n) is 3.15. The zero-order valence-corrected chi connectivity index (χ0v) is 13.9. The Labute approximate surface area is 139 Å². The van der Waals surface area contributed by atoms with Crippen LogP contribution in [0.25, 0.3) is 0 Å². The lowest BCUT2D eigenvalue weighted by Gasteiger charge is -2.19. The Morgan fingerprint density at radius 1 is 1.12 bits per heavy atom. The molecule has 1 amide bonds. The van der Waals surface area contributed by atoms with Gasteiger partial charge in [-0.2, -0.15) is 0 Å². The van der Waals surface area contributed by atoms with Crippen molar-refractivity contribution in [2.45, 2.75) is 26.2 Å². The number of rotatable bonds is 6. The van der Waals surface area contributed by atoms with Crippen molar-refractivity contribution in [3.05, 3.63) is 42.2 Å². The minimum Gasteiger partial charge on any atom is -0.482 e. The Hall–Kier alpha value is -2.83. The second-order valence-electron chi connectivity index (χ2n) is 6.16. The standard InChI is InChI=1S/C17H20N2O5/c1-17(2,3)12-4-6-13(7-5-12)22-11-16(21)23-10-15(20)18-14-8-9-24-19-14/h4-9H,10-11H2,1-3H3,(H,18,19,20). The number of carbonyl (C=O) groups is 2. The monoisotopic (exact) mass is 332 g/mol. The quantitative estimate of drug-likeness (QED) is 0.818. The first-order valence-electron chi connectivity index (χ1n) is 7.44. The fourth-order valence-electron chi connectivity index (χ4n) is 1.84. The molecule has 0 radical (unpaired) electrons. The largest absolute Gasteiger partial charge is 0.482 e. The molecule has 0 atom stereocenters. The van der Waals surface area contributed by atoms with Crippen molar-refractivity contribution in [3.63, 3.8) is 0 Å².